The van der Waals surface area contributed by atoms with Crippen LogP contribution in [-0.4, -0.2) is 26.1 Å². The van der Waals surface area contributed by atoms with Gasteiger partial charge in [0.05, 0.1) is 5.75 Å². The van der Waals surface area contributed by atoms with E-state index in [2.05, 4.69) is 4.90 Å². The predicted molar refractivity (Wildman–Crippen MR) is 84.1 cm³/mol. The highest BCUT2D eigenvalue weighted by Crippen LogP contribution is 2.43. The lowest BCUT2D eigenvalue weighted by Crippen LogP contribution is -2.50. The van der Waals surface area contributed by atoms with E-state index in [0.717, 1.165) is 22.7 Å². The Morgan fingerprint density at radius 1 is 1.16 bits per heavy atom. The fourth-order valence-electron chi connectivity index (χ4n) is 3.17. The van der Waals surface area contributed by atoms with Gasteiger partial charge in [0.15, 0.2) is 5.72 Å². The van der Waals surface area contributed by atoms with Gasteiger partial charge in [-0.25, -0.2) is 0 Å². The van der Waals surface area contributed by atoms with Crippen molar-refractivity contribution in [3.8, 4) is 0 Å². The Balaban J connectivity index is 1.93. The van der Waals surface area contributed by atoms with E-state index in [-0.39, 0.29) is 0 Å². The highest BCUT2D eigenvalue weighted by atomic mass is 32.2. The Morgan fingerprint density at radius 3 is 2.53 bits per heavy atom. The third-order valence-electron chi connectivity index (χ3n) is 4.17. The average molecular weight is 293 g/mol. The largest absolute Gasteiger partial charge is 0.366 e. The molecule has 1 saturated carbocycles. The zero-order valence-electron chi connectivity index (χ0n) is 10.9. The lowest BCUT2D eigenvalue weighted by molar-refractivity contribution is -0.0721. The van der Waals surface area contributed by atoms with Crippen LogP contribution in [0.3, 0.4) is 0 Å². The minimum absolute atomic E-state index is 0.404. The van der Waals surface area contributed by atoms with Gasteiger partial charge in [-0.1, -0.05) is 73.6 Å². The van der Waals surface area contributed by atoms with Gasteiger partial charge >= 0.3 is 0 Å². The van der Waals surface area contributed by atoms with Crippen molar-refractivity contribution in [3.05, 3.63) is 35.9 Å². The van der Waals surface area contributed by atoms with Crippen LogP contribution in [0.25, 0.3) is 0 Å². The summed E-state index contributed by atoms with van der Waals surface area (Å²) in [7, 11) is 0. The van der Waals surface area contributed by atoms with Crippen LogP contribution >= 0.6 is 24.0 Å². The number of rotatable bonds is 2. The predicted octanol–water partition coefficient (Wildman–Crippen LogP) is 3.50. The first kappa shape index (κ1) is 13.4. The molecule has 0 amide bonds. The van der Waals surface area contributed by atoms with Gasteiger partial charge in [-0.3, -0.25) is 0 Å². The topological polar surface area (TPSA) is 23.5 Å². The molecule has 1 unspecified atom stereocenters. The van der Waals surface area contributed by atoms with Gasteiger partial charge in [-0.15, -0.1) is 0 Å². The SMILES string of the molecule is OC1(c2ccccc2)CSC(=S)N1C1CCCCC1. The number of hydrogen-bond acceptors (Lipinski definition) is 3. The second-order valence-corrected chi connectivity index (χ2v) is 7.01. The first-order chi connectivity index (χ1) is 9.22. The van der Waals surface area contributed by atoms with Crippen LogP contribution in [0, 0.1) is 0 Å². The zero-order chi connectivity index (χ0) is 13.3. The van der Waals surface area contributed by atoms with E-state index in [0.29, 0.717) is 11.8 Å². The van der Waals surface area contributed by atoms with Crippen LogP contribution in [0.2, 0.25) is 0 Å². The normalized spacial score (nSPS) is 28.9. The third kappa shape index (κ3) is 2.41. The van der Waals surface area contributed by atoms with Crippen molar-refractivity contribution in [2.75, 3.05) is 5.75 Å². The standard InChI is InChI=1S/C15H19NOS2/c17-15(12-7-3-1-4-8-12)11-19-14(18)16(15)13-9-5-2-6-10-13/h1,3-4,7-8,13,17H,2,5-6,9-11H2. The summed E-state index contributed by atoms with van der Waals surface area (Å²) in [5, 5.41) is 11.2. The van der Waals surface area contributed by atoms with Gasteiger partial charge in [0.1, 0.15) is 4.32 Å². The van der Waals surface area contributed by atoms with Crippen molar-refractivity contribution in [2.45, 2.75) is 43.9 Å². The maximum Gasteiger partial charge on any atom is 0.175 e. The molecule has 1 heterocycles. The number of thioether (sulfide) groups is 1. The summed E-state index contributed by atoms with van der Waals surface area (Å²) in [6.45, 7) is 0. The number of nitrogens with zero attached hydrogens (tertiary/aromatic N) is 1. The fourth-order valence-corrected chi connectivity index (χ4v) is 4.72. The Labute approximate surface area is 124 Å². The molecule has 2 aliphatic rings. The molecule has 2 fully saturated rings. The molecule has 0 spiro atoms. The van der Waals surface area contributed by atoms with Gasteiger partial charge in [-0.2, -0.15) is 0 Å². The molecule has 102 valence electrons. The second kappa shape index (κ2) is 5.43. The number of benzene rings is 1. The van der Waals surface area contributed by atoms with E-state index in [1.807, 2.05) is 30.3 Å². The Hall–Kier alpha value is -0.580. The molecule has 1 aliphatic heterocycles. The fraction of sp³-hybridized carbons (Fsp3) is 0.533. The first-order valence-corrected chi connectivity index (χ1v) is 8.35. The summed E-state index contributed by atoms with van der Waals surface area (Å²) in [4.78, 5) is 2.11. The zero-order valence-corrected chi connectivity index (χ0v) is 12.6. The molecule has 0 bridgehead atoms. The van der Waals surface area contributed by atoms with Crippen molar-refractivity contribution >= 4 is 28.3 Å². The summed E-state index contributed by atoms with van der Waals surface area (Å²) in [5.41, 5.74) is 0.0540. The Kier molecular flexibility index (Phi) is 3.83. The molecule has 2 nitrogen and oxygen atoms in total. The van der Waals surface area contributed by atoms with E-state index in [4.69, 9.17) is 12.2 Å². The molecule has 3 rings (SSSR count). The molecule has 1 N–H and O–H groups in total. The summed E-state index contributed by atoms with van der Waals surface area (Å²) >= 11 is 7.11. The maximum absolute atomic E-state index is 11.2. The monoisotopic (exact) mass is 293 g/mol. The number of thiocarbonyl (C=S) groups is 1. The van der Waals surface area contributed by atoms with Crippen LogP contribution in [0.15, 0.2) is 30.3 Å². The number of aliphatic hydroxyl groups is 1. The molecule has 1 atom stereocenters. The van der Waals surface area contributed by atoms with Crippen molar-refractivity contribution in [3.63, 3.8) is 0 Å². The van der Waals surface area contributed by atoms with Crippen molar-refractivity contribution < 1.29 is 5.11 Å². The van der Waals surface area contributed by atoms with Crippen molar-refractivity contribution in [1.82, 2.24) is 4.90 Å². The van der Waals surface area contributed by atoms with Crippen LogP contribution in [-0.2, 0) is 5.72 Å². The van der Waals surface area contributed by atoms with Gasteiger partial charge in [-0.05, 0) is 12.8 Å². The quantitative estimate of drug-likeness (QED) is 0.843. The smallest absolute Gasteiger partial charge is 0.175 e. The lowest BCUT2D eigenvalue weighted by atomic mass is 9.91. The molecule has 0 aromatic heterocycles. The highest BCUT2D eigenvalue weighted by molar-refractivity contribution is 8.23. The van der Waals surface area contributed by atoms with Crippen molar-refractivity contribution in [2.24, 2.45) is 0 Å². The molecule has 0 radical (unpaired) electrons. The van der Waals surface area contributed by atoms with Gasteiger partial charge in [0.2, 0.25) is 0 Å². The Morgan fingerprint density at radius 2 is 1.84 bits per heavy atom. The highest BCUT2D eigenvalue weighted by Gasteiger charge is 2.47. The van der Waals surface area contributed by atoms with Gasteiger partial charge in [0.25, 0.3) is 0 Å². The molecule has 4 heteroatoms. The second-order valence-electron chi connectivity index (χ2n) is 5.40. The van der Waals surface area contributed by atoms with Crippen LogP contribution < -0.4 is 0 Å². The van der Waals surface area contributed by atoms with E-state index in [1.54, 1.807) is 11.8 Å². The van der Waals surface area contributed by atoms with E-state index >= 15 is 0 Å². The summed E-state index contributed by atoms with van der Waals surface area (Å²) in [5.74, 6) is 0.645. The number of hydrogen-bond donors (Lipinski definition) is 1. The van der Waals surface area contributed by atoms with E-state index in [9.17, 15) is 5.11 Å². The van der Waals surface area contributed by atoms with Gasteiger partial charge < -0.3 is 10.0 Å². The third-order valence-corrected chi connectivity index (χ3v) is 5.71. The van der Waals surface area contributed by atoms with Crippen LogP contribution in [0.4, 0.5) is 0 Å². The summed E-state index contributed by atoms with van der Waals surface area (Å²) in [6, 6.07) is 10.4. The minimum atomic E-state index is -0.912. The first-order valence-electron chi connectivity index (χ1n) is 6.96. The average Bonchev–Trinajstić information content (AvgIpc) is 2.78. The molecule has 1 aromatic carbocycles. The van der Waals surface area contributed by atoms with Crippen LogP contribution in [0.5, 0.6) is 0 Å². The van der Waals surface area contributed by atoms with E-state index in [1.165, 1.54) is 19.3 Å². The van der Waals surface area contributed by atoms with Gasteiger partial charge in [0, 0.05) is 11.6 Å². The molecule has 1 aliphatic carbocycles. The van der Waals surface area contributed by atoms with Crippen LogP contribution in [0.1, 0.15) is 37.7 Å². The molecule has 1 saturated heterocycles. The van der Waals surface area contributed by atoms with E-state index < -0.39 is 5.72 Å². The molecule has 19 heavy (non-hydrogen) atoms. The van der Waals surface area contributed by atoms with Crippen molar-refractivity contribution in [1.29, 1.82) is 0 Å². The Bertz CT molecular complexity index is 458. The molecular formula is C15H19NOS2. The summed E-state index contributed by atoms with van der Waals surface area (Å²) in [6.07, 6.45) is 6.11. The molecule has 1 aromatic rings. The maximum atomic E-state index is 11.2. The molecular weight excluding hydrogens is 274 g/mol. The summed E-state index contributed by atoms with van der Waals surface area (Å²) < 4.78 is 0.859. The lowest BCUT2D eigenvalue weighted by Gasteiger charge is -2.41. The minimum Gasteiger partial charge on any atom is -0.366 e.